The molecule has 9 heteroatoms. The van der Waals surface area contributed by atoms with Crippen LogP contribution in [0.15, 0.2) is 64.2 Å². The lowest BCUT2D eigenvalue weighted by Crippen LogP contribution is -2.44. The van der Waals surface area contributed by atoms with Gasteiger partial charge >= 0.3 is 5.69 Å². The number of rotatable bonds is 10. The number of methoxy groups -OCH3 is 1. The maximum atomic E-state index is 13.3. The molecule has 0 aliphatic rings. The fourth-order valence-corrected chi connectivity index (χ4v) is 3.70. The summed E-state index contributed by atoms with van der Waals surface area (Å²) in [7, 11) is 1.50. The highest BCUT2D eigenvalue weighted by molar-refractivity contribution is 5.98. The lowest BCUT2D eigenvalue weighted by molar-refractivity contribution is -0.117. The summed E-state index contributed by atoms with van der Waals surface area (Å²) in [5, 5.41) is 3.18. The first-order valence-electron chi connectivity index (χ1n) is 11.1. The van der Waals surface area contributed by atoms with E-state index in [0.29, 0.717) is 6.54 Å². The van der Waals surface area contributed by atoms with E-state index in [4.69, 9.17) is 10.5 Å². The number of nitrogen functional groups attached to an aromatic ring is 1. The zero-order valence-corrected chi connectivity index (χ0v) is 19.7. The topological polar surface area (TPSA) is 122 Å². The number of carbonyl (C=O) groups is 1. The van der Waals surface area contributed by atoms with Gasteiger partial charge in [-0.1, -0.05) is 62.4 Å². The molecule has 0 aliphatic heterocycles. The second-order valence-electron chi connectivity index (χ2n) is 8.30. The molecule has 0 aliphatic carbocycles. The number of nitrogens with zero attached hydrogens (tertiary/aromatic N) is 2. The van der Waals surface area contributed by atoms with Crippen molar-refractivity contribution in [1.29, 1.82) is 0 Å². The van der Waals surface area contributed by atoms with Crippen LogP contribution in [0.5, 0.6) is 0 Å². The van der Waals surface area contributed by atoms with Crippen molar-refractivity contribution >= 4 is 23.1 Å². The number of H-pyrrole nitrogens is 1. The van der Waals surface area contributed by atoms with Crippen LogP contribution < -0.4 is 27.2 Å². The highest BCUT2D eigenvalue weighted by Crippen LogP contribution is 2.27. The van der Waals surface area contributed by atoms with Crippen LogP contribution in [-0.4, -0.2) is 42.3 Å². The van der Waals surface area contributed by atoms with Crippen LogP contribution in [0.4, 0.5) is 17.2 Å². The second kappa shape index (κ2) is 11.3. The van der Waals surface area contributed by atoms with E-state index in [-0.39, 0.29) is 43.0 Å². The number of aromatic amines is 1. The monoisotopic (exact) mass is 465 g/mol. The van der Waals surface area contributed by atoms with Gasteiger partial charge < -0.3 is 20.7 Å². The van der Waals surface area contributed by atoms with Gasteiger partial charge in [0.1, 0.15) is 5.82 Å². The average molecular weight is 466 g/mol. The van der Waals surface area contributed by atoms with Crippen LogP contribution in [0, 0.1) is 5.92 Å². The first kappa shape index (κ1) is 24.8. The minimum Gasteiger partial charge on any atom is -0.383 e. The van der Waals surface area contributed by atoms with Crippen molar-refractivity contribution in [3.63, 3.8) is 0 Å². The number of ether oxygens (including phenoxy) is 1. The molecule has 1 amide bonds. The van der Waals surface area contributed by atoms with Crippen molar-refractivity contribution < 1.29 is 9.53 Å². The fraction of sp³-hybridized carbons (Fsp3) is 0.320. The molecule has 2 aromatic carbocycles. The van der Waals surface area contributed by atoms with Crippen molar-refractivity contribution in [2.75, 3.05) is 42.8 Å². The van der Waals surface area contributed by atoms with Crippen molar-refractivity contribution in [1.82, 2.24) is 9.55 Å². The lowest BCUT2D eigenvalue weighted by Gasteiger charge is -2.25. The van der Waals surface area contributed by atoms with E-state index in [1.54, 1.807) is 0 Å². The summed E-state index contributed by atoms with van der Waals surface area (Å²) in [6.07, 6.45) is 0. The molecule has 180 valence electrons. The molecule has 0 radical (unpaired) electrons. The number of carbonyl (C=O) groups excluding carboxylic acids is 1. The largest absolute Gasteiger partial charge is 0.383 e. The zero-order valence-electron chi connectivity index (χ0n) is 19.7. The minimum absolute atomic E-state index is 0.0448. The third-order valence-electron chi connectivity index (χ3n) is 5.29. The van der Waals surface area contributed by atoms with E-state index in [9.17, 15) is 14.4 Å². The lowest BCUT2D eigenvalue weighted by atomic mass is 10.0. The normalized spacial score (nSPS) is 10.9. The van der Waals surface area contributed by atoms with Gasteiger partial charge in [-0.3, -0.25) is 19.1 Å². The highest BCUT2D eigenvalue weighted by Gasteiger charge is 2.24. The van der Waals surface area contributed by atoms with Crippen LogP contribution in [0.2, 0.25) is 0 Å². The summed E-state index contributed by atoms with van der Waals surface area (Å²) in [6.45, 7) is 4.37. The van der Waals surface area contributed by atoms with Gasteiger partial charge in [-0.15, -0.1) is 0 Å². The Balaban J connectivity index is 1.92. The Bertz CT molecular complexity index is 1230. The first-order valence-corrected chi connectivity index (χ1v) is 11.1. The molecule has 0 spiro atoms. The molecular formula is C25H31N5O4. The molecule has 34 heavy (non-hydrogen) atoms. The number of anilines is 3. The Morgan fingerprint density at radius 2 is 1.79 bits per heavy atom. The number of aromatic nitrogens is 2. The molecule has 0 fully saturated rings. The van der Waals surface area contributed by atoms with E-state index >= 15 is 0 Å². The molecular weight excluding hydrogens is 434 g/mol. The zero-order chi connectivity index (χ0) is 24.7. The predicted octanol–water partition coefficient (Wildman–Crippen LogP) is 2.53. The number of benzene rings is 2. The van der Waals surface area contributed by atoms with E-state index in [1.807, 2.05) is 68.4 Å². The summed E-state index contributed by atoms with van der Waals surface area (Å²) in [5.74, 6) is -0.318. The molecule has 0 saturated carbocycles. The maximum absolute atomic E-state index is 13.3. The number of para-hydroxylation sites is 1. The standard InChI is InChI=1S/C25H31N5O4/c1-17(2)16-30-23(26)22(24(32)28-25(30)33)29(13-14-34-3)21(31)15-27-20-12-8-7-11-19(20)18-9-5-4-6-10-18/h4-12,17,27H,13-16,26H2,1-3H3,(H,28,32,33). The predicted molar refractivity (Wildman–Crippen MR) is 135 cm³/mol. The molecule has 3 rings (SSSR count). The second-order valence-corrected chi connectivity index (χ2v) is 8.30. The number of nitrogens with one attached hydrogen (secondary N) is 2. The van der Waals surface area contributed by atoms with E-state index in [1.165, 1.54) is 16.6 Å². The van der Waals surface area contributed by atoms with Gasteiger partial charge in [0.2, 0.25) is 5.91 Å². The quantitative estimate of drug-likeness (QED) is 0.423. The Morgan fingerprint density at radius 3 is 2.47 bits per heavy atom. The summed E-state index contributed by atoms with van der Waals surface area (Å²) in [6, 6.07) is 17.5. The third kappa shape index (κ3) is 5.74. The SMILES string of the molecule is COCCN(C(=O)CNc1ccccc1-c1ccccc1)c1c(N)n(CC(C)C)c(=O)[nH]c1=O. The van der Waals surface area contributed by atoms with Crippen molar-refractivity contribution in [2.45, 2.75) is 20.4 Å². The van der Waals surface area contributed by atoms with Gasteiger partial charge in [0, 0.05) is 31.5 Å². The molecule has 4 N–H and O–H groups in total. The van der Waals surface area contributed by atoms with Gasteiger partial charge in [0.25, 0.3) is 5.56 Å². The Kier molecular flexibility index (Phi) is 8.26. The highest BCUT2D eigenvalue weighted by atomic mass is 16.5. The summed E-state index contributed by atoms with van der Waals surface area (Å²) < 4.78 is 6.43. The molecule has 0 atom stereocenters. The first-order chi connectivity index (χ1) is 16.3. The van der Waals surface area contributed by atoms with Gasteiger partial charge in [0.15, 0.2) is 5.69 Å². The van der Waals surface area contributed by atoms with Crippen LogP contribution in [-0.2, 0) is 16.1 Å². The van der Waals surface area contributed by atoms with Crippen molar-refractivity contribution in [2.24, 2.45) is 5.92 Å². The van der Waals surface area contributed by atoms with Crippen LogP contribution >= 0.6 is 0 Å². The van der Waals surface area contributed by atoms with Gasteiger partial charge in [-0.2, -0.15) is 0 Å². The summed E-state index contributed by atoms with van der Waals surface area (Å²) in [5.41, 5.74) is 7.60. The third-order valence-corrected chi connectivity index (χ3v) is 5.29. The molecule has 0 unspecified atom stereocenters. The van der Waals surface area contributed by atoms with Crippen molar-refractivity contribution in [3.05, 3.63) is 75.4 Å². The van der Waals surface area contributed by atoms with Crippen LogP contribution in [0.1, 0.15) is 13.8 Å². The molecule has 0 bridgehead atoms. The van der Waals surface area contributed by atoms with E-state index < -0.39 is 11.2 Å². The molecule has 1 heterocycles. The number of amides is 1. The van der Waals surface area contributed by atoms with Crippen LogP contribution in [0.3, 0.4) is 0 Å². The van der Waals surface area contributed by atoms with Gasteiger partial charge in [-0.25, -0.2) is 4.79 Å². The summed E-state index contributed by atoms with van der Waals surface area (Å²) >= 11 is 0. The van der Waals surface area contributed by atoms with Gasteiger partial charge in [-0.05, 0) is 17.5 Å². The fourth-order valence-electron chi connectivity index (χ4n) is 3.70. The van der Waals surface area contributed by atoms with Crippen LogP contribution in [0.25, 0.3) is 11.1 Å². The Hall–Kier alpha value is -3.85. The minimum atomic E-state index is -0.711. The number of hydrogen-bond acceptors (Lipinski definition) is 6. The maximum Gasteiger partial charge on any atom is 0.330 e. The number of hydrogen-bond donors (Lipinski definition) is 3. The molecule has 9 nitrogen and oxygen atoms in total. The van der Waals surface area contributed by atoms with E-state index in [0.717, 1.165) is 16.8 Å². The Morgan fingerprint density at radius 1 is 1.12 bits per heavy atom. The van der Waals surface area contributed by atoms with Crippen molar-refractivity contribution in [3.8, 4) is 11.1 Å². The van der Waals surface area contributed by atoms with Gasteiger partial charge in [0.05, 0.1) is 13.2 Å². The molecule has 1 aromatic heterocycles. The Labute approximate surface area is 198 Å². The summed E-state index contributed by atoms with van der Waals surface area (Å²) in [4.78, 5) is 41.9. The van der Waals surface area contributed by atoms with E-state index in [2.05, 4.69) is 10.3 Å². The molecule has 3 aromatic rings. The smallest absolute Gasteiger partial charge is 0.330 e. The number of nitrogens with two attached hydrogens (primary N) is 1. The molecule has 0 saturated heterocycles. The average Bonchev–Trinajstić information content (AvgIpc) is 2.82.